The molecule has 0 spiro atoms. The van der Waals surface area contributed by atoms with E-state index in [9.17, 15) is 9.59 Å². The van der Waals surface area contributed by atoms with E-state index in [1.807, 2.05) is 18.4 Å². The lowest BCUT2D eigenvalue weighted by Crippen LogP contribution is -2.34. The zero-order valence-corrected chi connectivity index (χ0v) is 12.5. The first kappa shape index (κ1) is 14.7. The third-order valence-corrected chi connectivity index (χ3v) is 3.49. The second-order valence-corrected chi connectivity index (χ2v) is 5.74. The number of rotatable bonds is 4. The molecule has 106 valence electrons. The second kappa shape index (κ2) is 5.71. The molecule has 1 aromatic carbocycles. The highest BCUT2D eigenvalue weighted by molar-refractivity contribution is 7.98. The van der Waals surface area contributed by atoms with Gasteiger partial charge in [0.1, 0.15) is 5.76 Å². The zero-order chi connectivity index (χ0) is 14.8. The molecular weight excluding hydrogens is 276 g/mol. The fraction of sp³-hybridized carbons (Fsp3) is 0.333. The summed E-state index contributed by atoms with van der Waals surface area (Å²) in [5.41, 5.74) is 0.601. The topological polar surface area (TPSA) is 52.6 Å². The van der Waals surface area contributed by atoms with Crippen LogP contribution < -0.4 is 0 Å². The maximum atomic E-state index is 12.2. The standard InChI is InChI=1S/C15H16O4S/c1-15(2)18-11(9-14(17)19-15)8-13(16)10-4-6-12(20-3)7-5-10/h4-7,9H,8H2,1-3H3. The molecule has 0 saturated carbocycles. The summed E-state index contributed by atoms with van der Waals surface area (Å²) in [7, 11) is 0. The summed E-state index contributed by atoms with van der Waals surface area (Å²) in [5.74, 6) is -1.26. The van der Waals surface area contributed by atoms with Crippen molar-refractivity contribution in [3.63, 3.8) is 0 Å². The number of hydrogen-bond donors (Lipinski definition) is 0. The molecule has 1 heterocycles. The summed E-state index contributed by atoms with van der Waals surface area (Å²) in [6, 6.07) is 7.35. The Hall–Kier alpha value is -1.75. The van der Waals surface area contributed by atoms with E-state index in [-0.39, 0.29) is 12.2 Å². The first-order valence-electron chi connectivity index (χ1n) is 6.19. The Morgan fingerprint density at radius 3 is 2.40 bits per heavy atom. The maximum absolute atomic E-state index is 12.2. The number of Topliss-reactive ketones (excluding diaryl/α,β-unsaturated/α-hetero) is 1. The average molecular weight is 292 g/mol. The molecule has 0 bridgehead atoms. The minimum absolute atomic E-state index is 0.0527. The lowest BCUT2D eigenvalue weighted by atomic mass is 10.1. The average Bonchev–Trinajstić information content (AvgIpc) is 2.36. The van der Waals surface area contributed by atoms with Gasteiger partial charge in [-0.25, -0.2) is 4.79 Å². The van der Waals surface area contributed by atoms with Crippen LogP contribution in [0.3, 0.4) is 0 Å². The highest BCUT2D eigenvalue weighted by Crippen LogP contribution is 2.25. The Morgan fingerprint density at radius 2 is 1.85 bits per heavy atom. The van der Waals surface area contributed by atoms with Crippen LogP contribution in [0.25, 0.3) is 0 Å². The van der Waals surface area contributed by atoms with Crippen molar-refractivity contribution in [3.8, 4) is 0 Å². The highest BCUT2D eigenvalue weighted by atomic mass is 32.2. The highest BCUT2D eigenvalue weighted by Gasteiger charge is 2.30. The van der Waals surface area contributed by atoms with Crippen molar-refractivity contribution in [2.45, 2.75) is 31.0 Å². The van der Waals surface area contributed by atoms with Gasteiger partial charge in [0.05, 0.1) is 12.5 Å². The summed E-state index contributed by atoms with van der Waals surface area (Å²) in [5, 5.41) is 0. The third-order valence-electron chi connectivity index (χ3n) is 2.75. The number of carbonyl (C=O) groups is 2. The van der Waals surface area contributed by atoms with Crippen LogP contribution in [0, 0.1) is 0 Å². The van der Waals surface area contributed by atoms with Crippen LogP contribution in [0.5, 0.6) is 0 Å². The smallest absolute Gasteiger partial charge is 0.337 e. The minimum Gasteiger partial charge on any atom is -0.456 e. The molecule has 20 heavy (non-hydrogen) atoms. The van der Waals surface area contributed by atoms with Crippen molar-refractivity contribution >= 4 is 23.5 Å². The van der Waals surface area contributed by atoms with Crippen molar-refractivity contribution in [1.29, 1.82) is 0 Å². The molecule has 4 nitrogen and oxygen atoms in total. The molecule has 1 aromatic rings. The molecular formula is C15H16O4S. The van der Waals surface area contributed by atoms with E-state index in [2.05, 4.69) is 0 Å². The number of ether oxygens (including phenoxy) is 2. The molecule has 1 aliphatic heterocycles. The molecule has 0 aromatic heterocycles. The molecule has 0 unspecified atom stereocenters. The van der Waals surface area contributed by atoms with Crippen molar-refractivity contribution in [2.75, 3.05) is 6.26 Å². The predicted molar refractivity (Wildman–Crippen MR) is 76.5 cm³/mol. The number of benzene rings is 1. The SMILES string of the molecule is CSc1ccc(C(=O)CC2=CC(=O)OC(C)(C)O2)cc1. The van der Waals surface area contributed by atoms with E-state index in [1.54, 1.807) is 37.7 Å². The second-order valence-electron chi connectivity index (χ2n) is 4.86. The predicted octanol–water partition coefficient (Wildman–Crippen LogP) is 3.17. The van der Waals surface area contributed by atoms with Crippen LogP contribution >= 0.6 is 11.8 Å². The number of cyclic esters (lactones) is 1. The fourth-order valence-electron chi connectivity index (χ4n) is 1.89. The summed E-state index contributed by atoms with van der Waals surface area (Å²) < 4.78 is 10.4. The van der Waals surface area contributed by atoms with Crippen LogP contribution in [-0.2, 0) is 14.3 Å². The monoisotopic (exact) mass is 292 g/mol. The van der Waals surface area contributed by atoms with Crippen LogP contribution in [0.4, 0.5) is 0 Å². The Balaban J connectivity index is 2.09. The normalized spacial score (nSPS) is 16.9. The molecule has 0 N–H and O–H groups in total. The van der Waals surface area contributed by atoms with E-state index in [0.29, 0.717) is 11.3 Å². The third kappa shape index (κ3) is 3.63. The Morgan fingerprint density at radius 1 is 1.20 bits per heavy atom. The quantitative estimate of drug-likeness (QED) is 0.484. The summed E-state index contributed by atoms with van der Waals surface area (Å²) >= 11 is 1.62. The first-order chi connectivity index (χ1) is 9.39. The van der Waals surface area contributed by atoms with E-state index < -0.39 is 11.8 Å². The van der Waals surface area contributed by atoms with Gasteiger partial charge in [0, 0.05) is 24.3 Å². The Labute approximate surface area is 122 Å². The molecule has 0 fully saturated rings. The summed E-state index contributed by atoms with van der Waals surface area (Å²) in [4.78, 5) is 24.6. The van der Waals surface area contributed by atoms with Crippen molar-refractivity contribution in [2.24, 2.45) is 0 Å². The van der Waals surface area contributed by atoms with E-state index in [4.69, 9.17) is 9.47 Å². The molecule has 0 atom stereocenters. The number of ketones is 1. The summed E-state index contributed by atoms with van der Waals surface area (Å²) in [6.45, 7) is 3.27. The number of esters is 1. The van der Waals surface area contributed by atoms with Gasteiger partial charge in [0.15, 0.2) is 5.78 Å². The van der Waals surface area contributed by atoms with Crippen LogP contribution in [0.15, 0.2) is 41.0 Å². The van der Waals surface area contributed by atoms with Gasteiger partial charge in [-0.3, -0.25) is 4.79 Å². The molecule has 1 aliphatic rings. The number of thioether (sulfide) groups is 1. The number of carbonyl (C=O) groups excluding carboxylic acids is 2. The van der Waals surface area contributed by atoms with Gasteiger partial charge in [0.25, 0.3) is 0 Å². The van der Waals surface area contributed by atoms with Gasteiger partial charge in [-0.15, -0.1) is 11.8 Å². The number of hydrogen-bond acceptors (Lipinski definition) is 5. The van der Waals surface area contributed by atoms with Crippen LogP contribution in [-0.4, -0.2) is 23.8 Å². The molecule has 0 aliphatic carbocycles. The van der Waals surface area contributed by atoms with E-state index in [0.717, 1.165) is 4.90 Å². The molecule has 2 rings (SSSR count). The van der Waals surface area contributed by atoms with Crippen molar-refractivity contribution in [1.82, 2.24) is 0 Å². The maximum Gasteiger partial charge on any atom is 0.337 e. The lowest BCUT2D eigenvalue weighted by molar-refractivity contribution is -0.205. The molecule has 0 amide bonds. The van der Waals surface area contributed by atoms with Gasteiger partial charge in [-0.05, 0) is 18.4 Å². The Kier molecular flexibility index (Phi) is 4.18. The minimum atomic E-state index is -1.02. The first-order valence-corrected chi connectivity index (χ1v) is 7.42. The largest absolute Gasteiger partial charge is 0.456 e. The van der Waals surface area contributed by atoms with Gasteiger partial charge in [0.2, 0.25) is 5.79 Å². The number of allylic oxidation sites excluding steroid dienone is 1. The van der Waals surface area contributed by atoms with Gasteiger partial charge in [-0.1, -0.05) is 12.1 Å². The van der Waals surface area contributed by atoms with Gasteiger partial charge < -0.3 is 9.47 Å². The Bertz CT molecular complexity index is 558. The van der Waals surface area contributed by atoms with Crippen molar-refractivity contribution in [3.05, 3.63) is 41.7 Å². The molecule has 5 heteroatoms. The molecule has 0 saturated heterocycles. The van der Waals surface area contributed by atoms with Gasteiger partial charge >= 0.3 is 5.97 Å². The fourth-order valence-corrected chi connectivity index (χ4v) is 2.30. The summed E-state index contributed by atoms with van der Waals surface area (Å²) in [6.07, 6.45) is 3.25. The van der Waals surface area contributed by atoms with E-state index in [1.165, 1.54) is 6.08 Å². The van der Waals surface area contributed by atoms with Crippen LogP contribution in [0.2, 0.25) is 0 Å². The lowest BCUT2D eigenvalue weighted by Gasteiger charge is -2.30. The van der Waals surface area contributed by atoms with Gasteiger partial charge in [-0.2, -0.15) is 0 Å². The zero-order valence-electron chi connectivity index (χ0n) is 11.6. The van der Waals surface area contributed by atoms with Crippen molar-refractivity contribution < 1.29 is 19.1 Å². The van der Waals surface area contributed by atoms with E-state index >= 15 is 0 Å². The molecule has 0 radical (unpaired) electrons. The van der Waals surface area contributed by atoms with Crippen LogP contribution in [0.1, 0.15) is 30.6 Å².